The fraction of sp³-hybridized carbons (Fsp3) is 0.278. The second kappa shape index (κ2) is 8.62. The summed E-state index contributed by atoms with van der Waals surface area (Å²) in [6.07, 6.45) is 0.705. The quantitative estimate of drug-likeness (QED) is 0.741. The van der Waals surface area contributed by atoms with Crippen molar-refractivity contribution < 1.29 is 18.3 Å². The van der Waals surface area contributed by atoms with E-state index >= 15 is 0 Å². The lowest BCUT2D eigenvalue weighted by atomic mass is 10.0. The number of hydrogen-bond acceptors (Lipinski definition) is 3. The van der Waals surface area contributed by atoms with Gasteiger partial charge in [0, 0.05) is 0 Å². The maximum atomic E-state index is 13.7. The number of thiocarbonyl (C=S) groups is 1. The number of nitrogens with one attached hydrogen (secondary N) is 2. The van der Waals surface area contributed by atoms with Gasteiger partial charge >= 0.3 is 0 Å². The van der Waals surface area contributed by atoms with E-state index in [1.165, 1.54) is 18.2 Å². The first-order valence-corrected chi connectivity index (χ1v) is 8.14. The van der Waals surface area contributed by atoms with Crippen LogP contribution in [0.4, 0.5) is 14.5 Å². The molecular weight excluding hydrogens is 346 g/mol. The van der Waals surface area contributed by atoms with E-state index in [1.54, 1.807) is 20.3 Å². The summed E-state index contributed by atoms with van der Waals surface area (Å²) in [7, 11) is 3.12. The van der Waals surface area contributed by atoms with Gasteiger partial charge in [0.25, 0.3) is 0 Å². The number of methoxy groups -OCH3 is 2. The lowest BCUT2D eigenvalue weighted by Crippen LogP contribution is -2.32. The van der Waals surface area contributed by atoms with Gasteiger partial charge in [0.1, 0.15) is 17.3 Å². The molecule has 4 nitrogen and oxygen atoms in total. The molecule has 0 aliphatic heterocycles. The first-order chi connectivity index (χ1) is 12.0. The van der Waals surface area contributed by atoms with Crippen molar-refractivity contribution in [2.24, 2.45) is 0 Å². The summed E-state index contributed by atoms with van der Waals surface area (Å²) in [5.41, 5.74) is 0.639. The normalized spacial score (nSPS) is 11.6. The van der Waals surface area contributed by atoms with Crippen molar-refractivity contribution in [2.75, 3.05) is 19.5 Å². The summed E-state index contributed by atoms with van der Waals surface area (Å²) in [6.45, 7) is 1.97. The zero-order valence-corrected chi connectivity index (χ0v) is 15.0. The van der Waals surface area contributed by atoms with Crippen LogP contribution in [0.5, 0.6) is 11.5 Å². The average Bonchev–Trinajstić information content (AvgIpc) is 2.62. The minimum atomic E-state index is -0.705. The Balaban J connectivity index is 2.15. The van der Waals surface area contributed by atoms with Gasteiger partial charge in [0.05, 0.1) is 20.3 Å². The molecule has 0 radical (unpaired) electrons. The molecule has 0 spiro atoms. The van der Waals surface area contributed by atoms with Gasteiger partial charge < -0.3 is 20.1 Å². The molecule has 1 atom stereocenters. The maximum Gasteiger partial charge on any atom is 0.171 e. The Labute approximate surface area is 151 Å². The van der Waals surface area contributed by atoms with Crippen LogP contribution in [0.15, 0.2) is 36.4 Å². The second-order valence-electron chi connectivity index (χ2n) is 5.27. The highest BCUT2D eigenvalue weighted by Crippen LogP contribution is 2.31. The molecule has 134 valence electrons. The second-order valence-corrected chi connectivity index (χ2v) is 5.68. The number of hydrogen-bond donors (Lipinski definition) is 2. The minimum absolute atomic E-state index is 0.130. The maximum absolute atomic E-state index is 13.7. The first kappa shape index (κ1) is 18.9. The molecule has 0 fully saturated rings. The molecule has 2 N–H and O–H groups in total. The van der Waals surface area contributed by atoms with E-state index in [2.05, 4.69) is 10.6 Å². The van der Waals surface area contributed by atoms with Gasteiger partial charge in [-0.25, -0.2) is 8.78 Å². The number of para-hydroxylation sites is 1. The third-order valence-corrected chi connectivity index (χ3v) is 3.94. The van der Waals surface area contributed by atoms with Crippen LogP contribution in [0.2, 0.25) is 0 Å². The SMILES string of the molecule is CC[C@H](NC(=S)Nc1c(F)cccc1F)c1ccc(OC)c(OC)c1. The van der Waals surface area contributed by atoms with Gasteiger partial charge in [0.15, 0.2) is 16.6 Å². The van der Waals surface area contributed by atoms with E-state index < -0.39 is 11.6 Å². The van der Waals surface area contributed by atoms with Crippen molar-refractivity contribution in [2.45, 2.75) is 19.4 Å². The van der Waals surface area contributed by atoms with Crippen LogP contribution in [0.3, 0.4) is 0 Å². The predicted molar refractivity (Wildman–Crippen MR) is 98.3 cm³/mol. The molecule has 0 aliphatic rings. The lowest BCUT2D eigenvalue weighted by molar-refractivity contribution is 0.354. The summed E-state index contributed by atoms with van der Waals surface area (Å²) in [6, 6.07) is 8.99. The Bertz CT molecular complexity index is 736. The third kappa shape index (κ3) is 4.57. The Morgan fingerprint density at radius 3 is 2.28 bits per heavy atom. The molecule has 0 saturated carbocycles. The van der Waals surface area contributed by atoms with Gasteiger partial charge in [-0.05, 0) is 48.5 Å². The van der Waals surface area contributed by atoms with Crippen LogP contribution < -0.4 is 20.1 Å². The lowest BCUT2D eigenvalue weighted by Gasteiger charge is -2.21. The van der Waals surface area contributed by atoms with E-state index in [1.807, 2.05) is 19.1 Å². The predicted octanol–water partition coefficient (Wildman–Crippen LogP) is 4.42. The molecule has 0 amide bonds. The smallest absolute Gasteiger partial charge is 0.171 e. The highest BCUT2D eigenvalue weighted by atomic mass is 32.1. The van der Waals surface area contributed by atoms with Crippen molar-refractivity contribution in [3.63, 3.8) is 0 Å². The van der Waals surface area contributed by atoms with Gasteiger partial charge in [-0.15, -0.1) is 0 Å². The summed E-state index contributed by atoms with van der Waals surface area (Å²) in [4.78, 5) is 0. The standard InChI is InChI=1S/C18H20F2N2O2S/c1-4-14(11-8-9-15(23-2)16(10-11)24-3)21-18(25)22-17-12(19)6-5-7-13(17)20/h5-10,14H,4H2,1-3H3,(H2,21,22,25)/t14-/m0/s1. The van der Waals surface area contributed by atoms with Crippen LogP contribution in [0.25, 0.3) is 0 Å². The summed E-state index contributed by atoms with van der Waals surface area (Å²) in [5, 5.41) is 5.77. The van der Waals surface area contributed by atoms with Crippen LogP contribution >= 0.6 is 12.2 Å². The van der Waals surface area contributed by atoms with Crippen LogP contribution in [0, 0.1) is 11.6 Å². The van der Waals surface area contributed by atoms with Gasteiger partial charge in [-0.3, -0.25) is 0 Å². The fourth-order valence-electron chi connectivity index (χ4n) is 2.42. The van der Waals surface area contributed by atoms with Crippen molar-refractivity contribution in [1.82, 2.24) is 5.32 Å². The third-order valence-electron chi connectivity index (χ3n) is 3.72. The number of halogens is 2. The monoisotopic (exact) mass is 366 g/mol. The Hall–Kier alpha value is -2.41. The molecular formula is C18H20F2N2O2S. The van der Waals surface area contributed by atoms with E-state index in [0.717, 1.165) is 5.56 Å². The number of anilines is 1. The van der Waals surface area contributed by atoms with E-state index in [4.69, 9.17) is 21.7 Å². The topological polar surface area (TPSA) is 42.5 Å². The van der Waals surface area contributed by atoms with Gasteiger partial charge in [0.2, 0.25) is 0 Å². The largest absolute Gasteiger partial charge is 0.493 e. The van der Waals surface area contributed by atoms with Crippen LogP contribution in [0.1, 0.15) is 24.9 Å². The molecule has 0 unspecified atom stereocenters. The molecule has 2 rings (SSSR count). The van der Waals surface area contributed by atoms with Crippen LogP contribution in [-0.4, -0.2) is 19.3 Å². The summed E-state index contributed by atoms with van der Waals surface area (Å²) in [5.74, 6) is -0.193. The van der Waals surface area contributed by atoms with Crippen LogP contribution in [-0.2, 0) is 0 Å². The van der Waals surface area contributed by atoms with E-state index in [0.29, 0.717) is 17.9 Å². The molecule has 25 heavy (non-hydrogen) atoms. The van der Waals surface area contributed by atoms with Crippen molar-refractivity contribution in [1.29, 1.82) is 0 Å². The molecule has 7 heteroatoms. The highest BCUT2D eigenvalue weighted by molar-refractivity contribution is 7.80. The molecule has 0 heterocycles. The number of benzene rings is 2. The molecule has 2 aromatic carbocycles. The molecule has 0 bridgehead atoms. The summed E-state index contributed by atoms with van der Waals surface area (Å²) < 4.78 is 38.0. The average molecular weight is 366 g/mol. The van der Waals surface area contributed by atoms with Gasteiger partial charge in [-0.1, -0.05) is 19.1 Å². The number of rotatable bonds is 6. The fourth-order valence-corrected chi connectivity index (χ4v) is 2.66. The first-order valence-electron chi connectivity index (χ1n) is 7.73. The Morgan fingerprint density at radius 2 is 1.72 bits per heavy atom. The minimum Gasteiger partial charge on any atom is -0.493 e. The van der Waals surface area contributed by atoms with E-state index in [9.17, 15) is 8.78 Å². The summed E-state index contributed by atoms with van der Waals surface area (Å²) >= 11 is 5.20. The Kier molecular flexibility index (Phi) is 6.52. The zero-order chi connectivity index (χ0) is 18.4. The zero-order valence-electron chi connectivity index (χ0n) is 14.2. The van der Waals surface area contributed by atoms with E-state index in [-0.39, 0.29) is 16.8 Å². The Morgan fingerprint density at radius 1 is 1.08 bits per heavy atom. The molecule has 0 aliphatic carbocycles. The van der Waals surface area contributed by atoms with Gasteiger partial charge in [-0.2, -0.15) is 0 Å². The molecule has 2 aromatic rings. The van der Waals surface area contributed by atoms with Crippen molar-refractivity contribution >= 4 is 23.0 Å². The molecule has 0 saturated heterocycles. The number of ether oxygens (including phenoxy) is 2. The molecule has 0 aromatic heterocycles. The van der Waals surface area contributed by atoms with Crippen molar-refractivity contribution in [3.8, 4) is 11.5 Å². The highest BCUT2D eigenvalue weighted by Gasteiger charge is 2.16. The van der Waals surface area contributed by atoms with Crippen molar-refractivity contribution in [3.05, 3.63) is 53.6 Å².